The third-order valence-electron chi connectivity index (χ3n) is 5.01. The van der Waals surface area contributed by atoms with E-state index in [4.69, 9.17) is 4.74 Å². The summed E-state index contributed by atoms with van der Waals surface area (Å²) in [5.74, 6) is 1.80. The number of hydrogen-bond acceptors (Lipinski definition) is 5. The maximum Gasteiger partial charge on any atom is 0.191 e. The zero-order chi connectivity index (χ0) is 19.6. The summed E-state index contributed by atoms with van der Waals surface area (Å²) >= 11 is 0. The number of hydrogen-bond donors (Lipinski definition) is 2. The number of rotatable bonds is 8. The molecule has 1 aromatic carbocycles. The predicted molar refractivity (Wildman–Crippen MR) is 112 cm³/mol. The molecule has 1 saturated heterocycles. The number of ether oxygens (including phenoxy) is 1. The van der Waals surface area contributed by atoms with Crippen LogP contribution in [0.25, 0.3) is 0 Å². The highest BCUT2D eigenvalue weighted by Gasteiger charge is 2.22. The molecule has 8 nitrogen and oxygen atoms in total. The molecule has 0 bridgehead atoms. The molecule has 1 aliphatic heterocycles. The minimum atomic E-state index is 0.363. The van der Waals surface area contributed by atoms with Gasteiger partial charge in [-0.15, -0.1) is 10.2 Å². The van der Waals surface area contributed by atoms with E-state index < -0.39 is 0 Å². The van der Waals surface area contributed by atoms with Gasteiger partial charge in [0.05, 0.1) is 12.8 Å². The molecule has 1 aromatic heterocycles. The van der Waals surface area contributed by atoms with E-state index in [2.05, 4.69) is 42.9 Å². The fraction of sp³-hybridized carbons (Fsp3) is 0.550. The molecular formula is C20H31N7O. The van der Waals surface area contributed by atoms with E-state index >= 15 is 0 Å². The summed E-state index contributed by atoms with van der Waals surface area (Å²) in [4.78, 5) is 6.78. The van der Waals surface area contributed by atoms with Crippen molar-refractivity contribution in [2.75, 3.05) is 38.7 Å². The summed E-state index contributed by atoms with van der Waals surface area (Å²) in [7, 11) is 3.56. The molecule has 8 heteroatoms. The van der Waals surface area contributed by atoms with Crippen LogP contribution in [-0.2, 0) is 6.54 Å². The van der Waals surface area contributed by atoms with Crippen molar-refractivity contribution in [1.82, 2.24) is 25.4 Å². The summed E-state index contributed by atoms with van der Waals surface area (Å²) in [6.07, 6.45) is 7.94. The summed E-state index contributed by atoms with van der Waals surface area (Å²) in [6, 6.07) is 8.59. The van der Waals surface area contributed by atoms with Gasteiger partial charge in [0.2, 0.25) is 0 Å². The van der Waals surface area contributed by atoms with Crippen LogP contribution in [0.15, 0.2) is 41.9 Å². The van der Waals surface area contributed by atoms with Crippen molar-refractivity contribution in [2.45, 2.75) is 38.3 Å². The number of nitrogens with one attached hydrogen (secondary N) is 2. The highest BCUT2D eigenvalue weighted by atomic mass is 16.5. The van der Waals surface area contributed by atoms with Crippen LogP contribution < -0.4 is 20.3 Å². The second kappa shape index (κ2) is 10.5. The molecule has 0 amide bonds. The summed E-state index contributed by atoms with van der Waals surface area (Å²) in [5.41, 5.74) is 1.16. The smallest absolute Gasteiger partial charge is 0.191 e. The summed E-state index contributed by atoms with van der Waals surface area (Å²) in [6.45, 7) is 3.82. The lowest BCUT2D eigenvalue weighted by Crippen LogP contribution is -2.51. The Hall–Kier alpha value is -2.77. The van der Waals surface area contributed by atoms with Gasteiger partial charge in [0, 0.05) is 39.3 Å². The van der Waals surface area contributed by atoms with Crippen LogP contribution >= 0.6 is 0 Å². The number of nitrogens with zero attached hydrogens (tertiary/aromatic N) is 5. The van der Waals surface area contributed by atoms with Gasteiger partial charge < -0.3 is 24.8 Å². The van der Waals surface area contributed by atoms with Gasteiger partial charge in [-0.25, -0.2) is 0 Å². The Labute approximate surface area is 167 Å². The molecule has 0 aliphatic carbocycles. The number of anilines is 1. The van der Waals surface area contributed by atoms with Gasteiger partial charge in [-0.3, -0.25) is 4.99 Å². The monoisotopic (exact) mass is 385 g/mol. The summed E-state index contributed by atoms with van der Waals surface area (Å²) in [5, 5.41) is 14.7. The van der Waals surface area contributed by atoms with Gasteiger partial charge in [0.1, 0.15) is 18.4 Å². The van der Waals surface area contributed by atoms with Crippen LogP contribution in [0, 0.1) is 0 Å². The largest absolute Gasteiger partial charge is 0.495 e. The number of unbranched alkanes of at least 4 members (excludes halogenated alkanes) is 1. The molecular weight excluding hydrogens is 354 g/mol. The van der Waals surface area contributed by atoms with Gasteiger partial charge >= 0.3 is 0 Å². The maximum atomic E-state index is 5.53. The maximum absolute atomic E-state index is 5.53. The lowest BCUT2D eigenvalue weighted by molar-refractivity contribution is 0.408. The quantitative estimate of drug-likeness (QED) is 0.410. The fourth-order valence-electron chi connectivity index (χ4n) is 3.56. The number of aliphatic imine (C=N–C) groups is 1. The van der Waals surface area contributed by atoms with E-state index in [1.807, 2.05) is 23.7 Å². The van der Waals surface area contributed by atoms with Gasteiger partial charge in [-0.05, 0) is 37.8 Å². The Morgan fingerprint density at radius 1 is 1.25 bits per heavy atom. The Balaban J connectivity index is 1.43. The molecule has 2 N–H and O–H groups in total. The zero-order valence-corrected chi connectivity index (χ0v) is 16.8. The van der Waals surface area contributed by atoms with Gasteiger partial charge in [0.15, 0.2) is 5.96 Å². The van der Waals surface area contributed by atoms with Crippen molar-refractivity contribution >= 4 is 11.6 Å². The van der Waals surface area contributed by atoms with Crippen LogP contribution in [0.2, 0.25) is 0 Å². The number of aromatic nitrogens is 3. The van der Waals surface area contributed by atoms with Crippen LogP contribution in [0.3, 0.4) is 0 Å². The minimum Gasteiger partial charge on any atom is -0.495 e. The molecule has 0 saturated carbocycles. The molecule has 1 atom stereocenters. The SMILES string of the molecule is CN=C(NCCCCn1cnnc1)NC1CCCN(c2ccccc2OC)C1. The number of methoxy groups -OCH3 is 1. The Bertz CT molecular complexity index is 732. The van der Waals surface area contributed by atoms with Crippen LogP contribution in [-0.4, -0.2) is 60.6 Å². The Morgan fingerprint density at radius 2 is 2.07 bits per heavy atom. The lowest BCUT2D eigenvalue weighted by atomic mass is 10.0. The predicted octanol–water partition coefficient (Wildman–Crippen LogP) is 1.90. The summed E-state index contributed by atoms with van der Waals surface area (Å²) < 4.78 is 7.53. The van der Waals surface area contributed by atoms with Gasteiger partial charge in [0.25, 0.3) is 0 Å². The minimum absolute atomic E-state index is 0.363. The van der Waals surface area contributed by atoms with E-state index in [0.717, 1.165) is 69.3 Å². The molecule has 28 heavy (non-hydrogen) atoms. The zero-order valence-electron chi connectivity index (χ0n) is 16.8. The average molecular weight is 386 g/mol. The highest BCUT2D eigenvalue weighted by molar-refractivity contribution is 5.80. The Morgan fingerprint density at radius 3 is 2.86 bits per heavy atom. The van der Waals surface area contributed by atoms with E-state index in [1.54, 1.807) is 19.8 Å². The first-order valence-corrected chi connectivity index (χ1v) is 9.97. The van der Waals surface area contributed by atoms with Crippen molar-refractivity contribution in [1.29, 1.82) is 0 Å². The lowest BCUT2D eigenvalue weighted by Gasteiger charge is -2.36. The number of para-hydroxylation sites is 2. The molecule has 1 fully saturated rings. The van der Waals surface area contributed by atoms with E-state index in [-0.39, 0.29) is 0 Å². The van der Waals surface area contributed by atoms with Gasteiger partial charge in [-0.2, -0.15) is 0 Å². The molecule has 152 valence electrons. The van der Waals surface area contributed by atoms with Crippen molar-refractivity contribution < 1.29 is 4.74 Å². The normalized spacial score (nSPS) is 17.4. The van der Waals surface area contributed by atoms with Crippen molar-refractivity contribution in [3.63, 3.8) is 0 Å². The number of piperidine rings is 1. The van der Waals surface area contributed by atoms with Gasteiger partial charge in [-0.1, -0.05) is 12.1 Å². The number of aryl methyl sites for hydroxylation is 1. The molecule has 0 radical (unpaired) electrons. The first-order valence-electron chi connectivity index (χ1n) is 9.97. The van der Waals surface area contributed by atoms with Crippen molar-refractivity contribution in [2.24, 2.45) is 4.99 Å². The second-order valence-electron chi connectivity index (χ2n) is 7.01. The molecule has 2 aromatic rings. The first-order chi connectivity index (χ1) is 13.8. The molecule has 2 heterocycles. The molecule has 0 spiro atoms. The van der Waals surface area contributed by atoms with E-state index in [1.165, 1.54) is 0 Å². The molecule has 1 aliphatic rings. The van der Waals surface area contributed by atoms with Crippen molar-refractivity contribution in [3.8, 4) is 5.75 Å². The van der Waals surface area contributed by atoms with Crippen LogP contribution in [0.1, 0.15) is 25.7 Å². The highest BCUT2D eigenvalue weighted by Crippen LogP contribution is 2.29. The molecule has 3 rings (SSSR count). The van der Waals surface area contributed by atoms with E-state index in [0.29, 0.717) is 6.04 Å². The van der Waals surface area contributed by atoms with Crippen LogP contribution in [0.4, 0.5) is 5.69 Å². The fourth-order valence-corrected chi connectivity index (χ4v) is 3.56. The topological polar surface area (TPSA) is 79.6 Å². The standard InChI is InChI=1S/C20H31N7O/c1-21-20(22-11-5-6-12-26-15-23-24-16-26)25-17-8-7-13-27(14-17)18-9-3-4-10-19(18)28-2/h3-4,9-10,15-17H,5-8,11-14H2,1-2H3,(H2,21,22,25). The third-order valence-corrected chi connectivity index (χ3v) is 5.01. The second-order valence-corrected chi connectivity index (χ2v) is 7.01. The number of guanidine groups is 1. The van der Waals surface area contributed by atoms with Crippen molar-refractivity contribution in [3.05, 3.63) is 36.9 Å². The Kier molecular flexibility index (Phi) is 7.52. The average Bonchev–Trinajstić information content (AvgIpc) is 3.26. The van der Waals surface area contributed by atoms with E-state index in [9.17, 15) is 0 Å². The number of benzene rings is 1. The molecule has 1 unspecified atom stereocenters. The first kappa shape index (κ1) is 20.0. The third kappa shape index (κ3) is 5.61. The van der Waals surface area contributed by atoms with Crippen LogP contribution in [0.5, 0.6) is 5.75 Å².